The summed E-state index contributed by atoms with van der Waals surface area (Å²) in [4.78, 5) is 42.5. The Hall–Kier alpha value is -0.950. The minimum Gasteiger partial charge on any atom is -0.462 e. The number of esters is 2. The van der Waals surface area contributed by atoms with Crippen LogP contribution in [0.25, 0.3) is 0 Å². The van der Waals surface area contributed by atoms with Gasteiger partial charge in [0.2, 0.25) is 0 Å². The maximum Gasteiger partial charge on any atom is 0.469 e. The lowest BCUT2D eigenvalue weighted by molar-refractivity contribution is -0.161. The normalized spacial score (nSPS) is 12.4. The van der Waals surface area contributed by atoms with Gasteiger partial charge in [-0.25, -0.2) is 4.57 Å². The van der Waals surface area contributed by atoms with E-state index in [1.54, 1.807) is 0 Å². The van der Waals surface area contributed by atoms with Gasteiger partial charge >= 0.3 is 19.8 Å². The Balaban J connectivity index is 3.96. The molecule has 9 heteroatoms. The van der Waals surface area contributed by atoms with Crippen LogP contribution in [0.5, 0.6) is 0 Å². The van der Waals surface area contributed by atoms with Gasteiger partial charge in [-0.3, -0.25) is 14.1 Å². The van der Waals surface area contributed by atoms with Crippen LogP contribution in [-0.2, 0) is 28.2 Å². The summed E-state index contributed by atoms with van der Waals surface area (Å²) in [5.41, 5.74) is 0. The molecule has 0 saturated heterocycles. The average Bonchev–Trinajstić information content (AvgIpc) is 2.95. The van der Waals surface area contributed by atoms with Crippen molar-refractivity contribution >= 4 is 19.8 Å². The molecule has 0 aromatic heterocycles. The molecule has 0 rings (SSSR count). The molecular formula is C33H65O8P. The molecule has 8 nitrogen and oxygen atoms in total. The second kappa shape index (κ2) is 30.1. The Bertz CT molecular complexity index is 666. The van der Waals surface area contributed by atoms with Gasteiger partial charge < -0.3 is 19.3 Å². The molecule has 0 radical (unpaired) electrons. The number of unbranched alkanes of at least 4 members (excludes halogenated alkanes) is 22. The van der Waals surface area contributed by atoms with E-state index in [2.05, 4.69) is 18.4 Å². The van der Waals surface area contributed by atoms with Gasteiger partial charge in [0.25, 0.3) is 0 Å². The first-order valence-corrected chi connectivity index (χ1v) is 18.9. The van der Waals surface area contributed by atoms with Crippen LogP contribution >= 0.6 is 7.82 Å². The van der Waals surface area contributed by atoms with E-state index in [1.165, 1.54) is 109 Å². The number of phosphoric ester groups is 1. The largest absolute Gasteiger partial charge is 0.469 e. The van der Waals surface area contributed by atoms with Crippen molar-refractivity contribution in [2.24, 2.45) is 0 Å². The van der Waals surface area contributed by atoms with Crippen molar-refractivity contribution in [1.29, 1.82) is 0 Å². The van der Waals surface area contributed by atoms with Crippen molar-refractivity contribution in [2.75, 3.05) is 13.2 Å². The van der Waals surface area contributed by atoms with Crippen molar-refractivity contribution in [3.8, 4) is 0 Å². The fourth-order valence-corrected chi connectivity index (χ4v) is 5.38. The van der Waals surface area contributed by atoms with Crippen LogP contribution in [0, 0.1) is 0 Å². The number of phosphoric acid groups is 1. The lowest BCUT2D eigenvalue weighted by atomic mass is 10.0. The standard InChI is InChI=1S/C33H65O8P/c1-3-5-7-9-11-13-15-16-18-19-21-23-25-27-32(34)39-29-31(30-40-42(36,37)38)41-33(35)28-26-24-22-20-17-14-12-10-8-6-4-2/h31H,3-30H2,1-2H3,(H2,36,37,38)/t31-/m1/s1. The zero-order valence-corrected chi connectivity index (χ0v) is 28.1. The second-order valence-corrected chi connectivity index (χ2v) is 13.1. The summed E-state index contributed by atoms with van der Waals surface area (Å²) in [6.45, 7) is 3.66. The molecule has 0 saturated carbocycles. The monoisotopic (exact) mass is 620 g/mol. The molecule has 0 aromatic carbocycles. The average molecular weight is 621 g/mol. The molecule has 0 aromatic rings. The summed E-state index contributed by atoms with van der Waals surface area (Å²) in [6.07, 6.45) is 28.2. The minimum absolute atomic E-state index is 0.219. The van der Waals surface area contributed by atoms with Gasteiger partial charge in [-0.2, -0.15) is 0 Å². The number of carbonyl (C=O) groups excluding carboxylic acids is 2. The molecule has 0 spiro atoms. The van der Waals surface area contributed by atoms with Gasteiger partial charge in [-0.05, 0) is 12.8 Å². The molecule has 1 atom stereocenters. The van der Waals surface area contributed by atoms with Crippen molar-refractivity contribution in [2.45, 2.75) is 187 Å². The van der Waals surface area contributed by atoms with E-state index in [9.17, 15) is 14.2 Å². The summed E-state index contributed by atoms with van der Waals surface area (Å²) in [5, 5.41) is 0. The summed E-state index contributed by atoms with van der Waals surface area (Å²) < 4.78 is 26.2. The van der Waals surface area contributed by atoms with Gasteiger partial charge in [-0.1, -0.05) is 155 Å². The van der Waals surface area contributed by atoms with Gasteiger partial charge in [0.15, 0.2) is 6.10 Å². The molecule has 0 heterocycles. The SMILES string of the molecule is CCCCCCCCCCCCCCCC(=O)OC[C@H](COP(=O)(O)O)OC(=O)CCCCCCCCCCCCC. The number of rotatable bonds is 32. The minimum atomic E-state index is -4.73. The predicted molar refractivity (Wildman–Crippen MR) is 170 cm³/mol. The second-order valence-electron chi connectivity index (χ2n) is 11.9. The zero-order chi connectivity index (χ0) is 31.2. The summed E-state index contributed by atoms with van der Waals surface area (Å²) in [7, 11) is -4.73. The van der Waals surface area contributed by atoms with Crippen molar-refractivity contribution < 1.29 is 37.9 Å². The molecule has 2 N–H and O–H groups in total. The van der Waals surface area contributed by atoms with Crippen molar-refractivity contribution in [3.63, 3.8) is 0 Å². The molecule has 0 aliphatic carbocycles. The maximum absolute atomic E-state index is 12.3. The highest BCUT2D eigenvalue weighted by Crippen LogP contribution is 2.36. The first-order valence-electron chi connectivity index (χ1n) is 17.3. The molecule has 0 aliphatic rings. The predicted octanol–water partition coefficient (Wildman–Crippen LogP) is 9.73. The van der Waals surface area contributed by atoms with E-state index in [1.807, 2.05) is 0 Å². The molecular weight excluding hydrogens is 555 g/mol. The van der Waals surface area contributed by atoms with Crippen LogP contribution in [0.1, 0.15) is 181 Å². The summed E-state index contributed by atoms with van der Waals surface area (Å²) in [5.74, 6) is -0.876. The molecule has 42 heavy (non-hydrogen) atoms. The topological polar surface area (TPSA) is 119 Å². The molecule has 0 bridgehead atoms. The molecule has 0 amide bonds. The number of carbonyl (C=O) groups is 2. The van der Waals surface area contributed by atoms with E-state index in [0.29, 0.717) is 6.42 Å². The smallest absolute Gasteiger partial charge is 0.462 e. The van der Waals surface area contributed by atoms with Gasteiger partial charge in [0.05, 0.1) is 6.61 Å². The third-order valence-corrected chi connectivity index (χ3v) is 8.11. The summed E-state index contributed by atoms with van der Waals surface area (Å²) in [6, 6.07) is 0. The number of ether oxygens (including phenoxy) is 2. The highest BCUT2D eigenvalue weighted by Gasteiger charge is 2.22. The highest BCUT2D eigenvalue weighted by molar-refractivity contribution is 7.46. The maximum atomic E-state index is 12.3. The van der Waals surface area contributed by atoms with E-state index in [-0.39, 0.29) is 19.4 Å². The highest BCUT2D eigenvalue weighted by atomic mass is 31.2. The zero-order valence-electron chi connectivity index (χ0n) is 27.2. The van der Waals surface area contributed by atoms with E-state index in [4.69, 9.17) is 19.3 Å². The number of hydrogen-bond donors (Lipinski definition) is 2. The van der Waals surface area contributed by atoms with Crippen LogP contribution < -0.4 is 0 Å². The number of hydrogen-bond acceptors (Lipinski definition) is 6. The third kappa shape index (κ3) is 32.0. The van der Waals surface area contributed by atoms with Crippen LogP contribution in [0.3, 0.4) is 0 Å². The van der Waals surface area contributed by atoms with Gasteiger partial charge in [0.1, 0.15) is 6.61 Å². The first kappa shape index (κ1) is 41.0. The Morgan fingerprint density at radius 2 is 0.857 bits per heavy atom. The van der Waals surface area contributed by atoms with E-state index in [0.717, 1.165) is 38.5 Å². The van der Waals surface area contributed by atoms with E-state index < -0.39 is 32.5 Å². The van der Waals surface area contributed by atoms with Crippen LogP contribution in [0.4, 0.5) is 0 Å². The Labute approximate surface area is 257 Å². The quantitative estimate of drug-likeness (QED) is 0.0433. The molecule has 250 valence electrons. The molecule has 0 aliphatic heterocycles. The fraction of sp³-hybridized carbons (Fsp3) is 0.939. The Morgan fingerprint density at radius 3 is 1.21 bits per heavy atom. The third-order valence-electron chi connectivity index (χ3n) is 7.63. The lowest BCUT2D eigenvalue weighted by Gasteiger charge is -2.18. The summed E-state index contributed by atoms with van der Waals surface area (Å²) >= 11 is 0. The van der Waals surface area contributed by atoms with Gasteiger partial charge in [-0.15, -0.1) is 0 Å². The Kier molecular flexibility index (Phi) is 29.4. The fourth-order valence-electron chi connectivity index (χ4n) is 5.02. The lowest BCUT2D eigenvalue weighted by Crippen LogP contribution is -2.29. The molecule has 0 fully saturated rings. The van der Waals surface area contributed by atoms with Gasteiger partial charge in [0, 0.05) is 12.8 Å². The van der Waals surface area contributed by atoms with Crippen LogP contribution in [0.15, 0.2) is 0 Å². The molecule has 0 unspecified atom stereocenters. The van der Waals surface area contributed by atoms with Crippen LogP contribution in [-0.4, -0.2) is 41.0 Å². The van der Waals surface area contributed by atoms with Crippen molar-refractivity contribution in [3.05, 3.63) is 0 Å². The van der Waals surface area contributed by atoms with Crippen molar-refractivity contribution in [1.82, 2.24) is 0 Å². The van der Waals surface area contributed by atoms with Crippen LogP contribution in [0.2, 0.25) is 0 Å². The Morgan fingerprint density at radius 1 is 0.524 bits per heavy atom. The first-order chi connectivity index (χ1) is 20.3. The van der Waals surface area contributed by atoms with E-state index >= 15 is 0 Å².